The highest BCUT2D eigenvalue weighted by Gasteiger charge is 2.27. The Morgan fingerprint density at radius 1 is 1.20 bits per heavy atom. The lowest BCUT2D eigenvalue weighted by Gasteiger charge is -2.09. The van der Waals surface area contributed by atoms with Crippen LogP contribution in [0.3, 0.4) is 0 Å². The van der Waals surface area contributed by atoms with Crippen LogP contribution in [0.5, 0.6) is 11.5 Å². The second-order valence-corrected chi connectivity index (χ2v) is 4.68. The van der Waals surface area contributed by atoms with E-state index < -0.39 is 5.97 Å². The molecular formula is C14H18N2O4. The molecule has 1 aromatic rings. The fourth-order valence-corrected chi connectivity index (χ4v) is 2.35. The standard InChI is InChI=1S/C14H18N2O4/c1-8(17)20-16-14(15)11-4-9-6-12(18-2)13(19-3)7-10(9)5-11/h6-7,11H,4-5H2,1-3H3,(H2,15,16). The van der Waals surface area contributed by atoms with E-state index in [-0.39, 0.29) is 5.92 Å². The number of amidine groups is 1. The number of carbonyl (C=O) groups is 1. The first-order valence-electron chi connectivity index (χ1n) is 6.29. The van der Waals surface area contributed by atoms with E-state index in [1.165, 1.54) is 6.92 Å². The molecule has 0 saturated heterocycles. The van der Waals surface area contributed by atoms with Gasteiger partial charge in [0, 0.05) is 12.8 Å². The van der Waals surface area contributed by atoms with E-state index >= 15 is 0 Å². The Kier molecular flexibility index (Phi) is 4.12. The molecule has 0 saturated carbocycles. The lowest BCUT2D eigenvalue weighted by Crippen LogP contribution is -2.24. The van der Waals surface area contributed by atoms with E-state index in [4.69, 9.17) is 15.2 Å². The summed E-state index contributed by atoms with van der Waals surface area (Å²) in [5.41, 5.74) is 8.15. The molecule has 20 heavy (non-hydrogen) atoms. The van der Waals surface area contributed by atoms with Gasteiger partial charge in [0.2, 0.25) is 0 Å². The van der Waals surface area contributed by atoms with Crippen molar-refractivity contribution in [1.29, 1.82) is 0 Å². The minimum atomic E-state index is -0.480. The molecular weight excluding hydrogens is 260 g/mol. The number of ether oxygens (including phenoxy) is 2. The molecule has 0 amide bonds. The predicted octanol–water partition coefficient (Wildman–Crippen LogP) is 1.25. The molecule has 6 nitrogen and oxygen atoms in total. The van der Waals surface area contributed by atoms with Gasteiger partial charge in [0.1, 0.15) is 5.84 Å². The fraction of sp³-hybridized carbons (Fsp3) is 0.429. The first-order chi connectivity index (χ1) is 9.55. The summed E-state index contributed by atoms with van der Waals surface area (Å²) in [6.07, 6.45) is 1.48. The van der Waals surface area contributed by atoms with Crippen molar-refractivity contribution in [2.24, 2.45) is 16.8 Å². The maximum atomic E-state index is 10.7. The molecule has 0 spiro atoms. The number of carbonyl (C=O) groups excluding carboxylic acids is 1. The minimum absolute atomic E-state index is 0.0289. The summed E-state index contributed by atoms with van der Waals surface area (Å²) in [7, 11) is 3.21. The van der Waals surface area contributed by atoms with Gasteiger partial charge in [-0.05, 0) is 36.1 Å². The molecule has 0 heterocycles. The van der Waals surface area contributed by atoms with Crippen molar-refractivity contribution in [3.63, 3.8) is 0 Å². The number of benzene rings is 1. The van der Waals surface area contributed by atoms with Crippen LogP contribution < -0.4 is 15.2 Å². The van der Waals surface area contributed by atoms with Crippen LogP contribution in [0.1, 0.15) is 18.1 Å². The van der Waals surface area contributed by atoms with Crippen molar-refractivity contribution in [3.05, 3.63) is 23.3 Å². The smallest absolute Gasteiger partial charge is 0.332 e. The highest BCUT2D eigenvalue weighted by Crippen LogP contribution is 2.36. The Bertz CT molecular complexity index is 521. The number of nitrogens with two attached hydrogens (primary N) is 1. The molecule has 0 aromatic heterocycles. The second-order valence-electron chi connectivity index (χ2n) is 4.68. The lowest BCUT2D eigenvalue weighted by atomic mass is 10.1. The van der Waals surface area contributed by atoms with Gasteiger partial charge >= 0.3 is 5.97 Å². The molecule has 1 aliphatic carbocycles. The van der Waals surface area contributed by atoms with Crippen LogP contribution >= 0.6 is 0 Å². The minimum Gasteiger partial charge on any atom is -0.493 e. The first-order valence-corrected chi connectivity index (χ1v) is 6.29. The van der Waals surface area contributed by atoms with Gasteiger partial charge in [0.25, 0.3) is 0 Å². The fourth-order valence-electron chi connectivity index (χ4n) is 2.35. The van der Waals surface area contributed by atoms with Gasteiger partial charge < -0.3 is 20.0 Å². The van der Waals surface area contributed by atoms with Crippen molar-refractivity contribution < 1.29 is 19.1 Å². The van der Waals surface area contributed by atoms with Crippen LogP contribution in [0.25, 0.3) is 0 Å². The van der Waals surface area contributed by atoms with E-state index in [2.05, 4.69) is 9.99 Å². The molecule has 108 valence electrons. The number of nitrogens with zero attached hydrogens (tertiary/aromatic N) is 1. The highest BCUT2D eigenvalue weighted by atomic mass is 16.7. The number of methoxy groups -OCH3 is 2. The molecule has 2 N–H and O–H groups in total. The first kappa shape index (κ1) is 14.2. The second kappa shape index (κ2) is 5.81. The zero-order chi connectivity index (χ0) is 14.7. The summed E-state index contributed by atoms with van der Waals surface area (Å²) in [4.78, 5) is 15.3. The molecule has 0 fully saturated rings. The molecule has 0 atom stereocenters. The van der Waals surface area contributed by atoms with E-state index in [9.17, 15) is 4.79 Å². The zero-order valence-corrected chi connectivity index (χ0v) is 11.8. The van der Waals surface area contributed by atoms with Crippen molar-refractivity contribution in [1.82, 2.24) is 0 Å². The number of rotatable bonds is 4. The third-order valence-corrected chi connectivity index (χ3v) is 3.34. The van der Waals surface area contributed by atoms with Gasteiger partial charge in [-0.25, -0.2) is 4.79 Å². The number of hydrogen-bond donors (Lipinski definition) is 1. The van der Waals surface area contributed by atoms with Crippen molar-refractivity contribution in [3.8, 4) is 11.5 Å². The van der Waals surface area contributed by atoms with E-state index in [1.54, 1.807) is 14.2 Å². The Labute approximate surface area is 117 Å². The van der Waals surface area contributed by atoms with Crippen LogP contribution in [0.4, 0.5) is 0 Å². The largest absolute Gasteiger partial charge is 0.493 e. The Morgan fingerprint density at radius 2 is 1.70 bits per heavy atom. The maximum Gasteiger partial charge on any atom is 0.332 e. The zero-order valence-electron chi connectivity index (χ0n) is 11.8. The van der Waals surface area contributed by atoms with Crippen LogP contribution in [0.15, 0.2) is 17.3 Å². The third kappa shape index (κ3) is 2.84. The Morgan fingerprint density at radius 3 is 2.10 bits per heavy atom. The van der Waals surface area contributed by atoms with Gasteiger partial charge in [-0.3, -0.25) is 0 Å². The van der Waals surface area contributed by atoms with Crippen molar-refractivity contribution in [2.45, 2.75) is 19.8 Å². The SMILES string of the molecule is COc1cc2c(cc1OC)CC(/C(N)=N/OC(C)=O)C2. The number of hydrogen-bond acceptors (Lipinski definition) is 5. The van der Waals surface area contributed by atoms with Gasteiger partial charge in [0.05, 0.1) is 14.2 Å². The molecule has 6 heteroatoms. The van der Waals surface area contributed by atoms with Gasteiger partial charge in [-0.1, -0.05) is 5.16 Å². The van der Waals surface area contributed by atoms with Gasteiger partial charge in [-0.15, -0.1) is 0 Å². The van der Waals surface area contributed by atoms with E-state index in [1.807, 2.05) is 12.1 Å². The van der Waals surface area contributed by atoms with E-state index in [0.717, 1.165) is 24.0 Å². The topological polar surface area (TPSA) is 83.1 Å². The predicted molar refractivity (Wildman–Crippen MR) is 73.8 cm³/mol. The van der Waals surface area contributed by atoms with Crippen LogP contribution in [-0.4, -0.2) is 26.0 Å². The average molecular weight is 278 g/mol. The number of fused-ring (bicyclic) bond motifs is 1. The molecule has 1 aromatic carbocycles. The summed E-state index contributed by atoms with van der Waals surface area (Å²) < 4.78 is 10.6. The summed E-state index contributed by atoms with van der Waals surface area (Å²) in [6, 6.07) is 3.90. The van der Waals surface area contributed by atoms with Crippen LogP contribution in [-0.2, 0) is 22.5 Å². The lowest BCUT2D eigenvalue weighted by molar-refractivity contribution is -0.141. The quantitative estimate of drug-likeness (QED) is 0.388. The Hall–Kier alpha value is -2.24. The molecule has 0 unspecified atom stereocenters. The Balaban J connectivity index is 2.18. The normalized spacial score (nSPS) is 14.8. The van der Waals surface area contributed by atoms with Crippen LogP contribution in [0.2, 0.25) is 0 Å². The van der Waals surface area contributed by atoms with E-state index in [0.29, 0.717) is 17.3 Å². The average Bonchev–Trinajstić information content (AvgIpc) is 2.85. The van der Waals surface area contributed by atoms with Crippen LogP contribution in [0, 0.1) is 5.92 Å². The van der Waals surface area contributed by atoms with Crippen molar-refractivity contribution in [2.75, 3.05) is 14.2 Å². The third-order valence-electron chi connectivity index (χ3n) is 3.34. The summed E-state index contributed by atoms with van der Waals surface area (Å²) in [6.45, 7) is 1.29. The molecule has 0 radical (unpaired) electrons. The molecule has 1 aliphatic rings. The summed E-state index contributed by atoms with van der Waals surface area (Å²) >= 11 is 0. The molecule has 0 aliphatic heterocycles. The molecule has 0 bridgehead atoms. The van der Waals surface area contributed by atoms with Crippen molar-refractivity contribution >= 4 is 11.8 Å². The monoisotopic (exact) mass is 278 g/mol. The van der Waals surface area contributed by atoms with Gasteiger partial charge in [0.15, 0.2) is 11.5 Å². The number of oxime groups is 1. The highest BCUT2D eigenvalue weighted by molar-refractivity contribution is 5.84. The summed E-state index contributed by atoms with van der Waals surface area (Å²) in [5.74, 6) is 1.27. The summed E-state index contributed by atoms with van der Waals surface area (Å²) in [5, 5.41) is 3.66. The maximum absolute atomic E-state index is 10.7. The molecule has 2 rings (SSSR count). The van der Waals surface area contributed by atoms with Gasteiger partial charge in [-0.2, -0.15) is 0 Å².